The SMILES string of the molecule is CCOC(=O)[C@@H](C#N)[C@]1(Cc2ccncc2)C(=O)N(CC)c2ccccc21. The summed E-state index contributed by atoms with van der Waals surface area (Å²) in [7, 11) is 0. The maximum absolute atomic E-state index is 13.6. The van der Waals surface area contributed by atoms with Crippen molar-refractivity contribution in [2.24, 2.45) is 5.92 Å². The highest BCUT2D eigenvalue weighted by molar-refractivity contribution is 6.11. The van der Waals surface area contributed by atoms with Gasteiger partial charge in [0.05, 0.1) is 12.7 Å². The first-order valence-corrected chi connectivity index (χ1v) is 8.96. The van der Waals surface area contributed by atoms with E-state index in [4.69, 9.17) is 4.74 Å². The second kappa shape index (κ2) is 7.58. The van der Waals surface area contributed by atoms with Crippen LogP contribution in [0.2, 0.25) is 0 Å². The molecule has 1 amide bonds. The van der Waals surface area contributed by atoms with E-state index >= 15 is 0 Å². The number of pyridine rings is 1. The number of nitrogens with zero attached hydrogens (tertiary/aromatic N) is 3. The fourth-order valence-electron chi connectivity index (χ4n) is 3.83. The summed E-state index contributed by atoms with van der Waals surface area (Å²) in [5.74, 6) is -2.16. The molecule has 6 nitrogen and oxygen atoms in total. The van der Waals surface area contributed by atoms with Crippen LogP contribution in [-0.4, -0.2) is 30.0 Å². The second-order valence-corrected chi connectivity index (χ2v) is 6.38. The molecular formula is C21H21N3O3. The van der Waals surface area contributed by atoms with E-state index < -0.39 is 17.3 Å². The first-order valence-electron chi connectivity index (χ1n) is 8.96. The Hall–Kier alpha value is -3.20. The van der Waals surface area contributed by atoms with Crippen LogP contribution < -0.4 is 4.90 Å². The summed E-state index contributed by atoms with van der Waals surface area (Å²) in [6.07, 6.45) is 3.49. The average molecular weight is 363 g/mol. The van der Waals surface area contributed by atoms with Crippen molar-refractivity contribution >= 4 is 17.6 Å². The summed E-state index contributed by atoms with van der Waals surface area (Å²) in [6.45, 7) is 4.16. The van der Waals surface area contributed by atoms with Gasteiger partial charge in [0.1, 0.15) is 5.41 Å². The van der Waals surface area contributed by atoms with Gasteiger partial charge in [-0.25, -0.2) is 0 Å². The Balaban J connectivity index is 2.24. The van der Waals surface area contributed by atoms with Gasteiger partial charge in [0.15, 0.2) is 5.92 Å². The molecule has 27 heavy (non-hydrogen) atoms. The van der Waals surface area contributed by atoms with E-state index in [1.807, 2.05) is 31.2 Å². The molecule has 138 valence electrons. The number of likely N-dealkylation sites (N-methyl/N-ethyl adjacent to an activating group) is 1. The average Bonchev–Trinajstić information content (AvgIpc) is 2.92. The van der Waals surface area contributed by atoms with Crippen LogP contribution in [0.1, 0.15) is 25.0 Å². The molecule has 3 rings (SSSR count). The predicted octanol–water partition coefficient (Wildman–Crippen LogP) is 2.63. The van der Waals surface area contributed by atoms with Gasteiger partial charge in [-0.1, -0.05) is 18.2 Å². The van der Waals surface area contributed by atoms with E-state index in [1.54, 1.807) is 36.4 Å². The van der Waals surface area contributed by atoms with Crippen molar-refractivity contribution < 1.29 is 14.3 Å². The Labute approximate surface area is 158 Å². The van der Waals surface area contributed by atoms with Crippen LogP contribution in [-0.2, 0) is 26.2 Å². The topological polar surface area (TPSA) is 83.3 Å². The zero-order valence-electron chi connectivity index (χ0n) is 15.4. The van der Waals surface area contributed by atoms with Crippen LogP contribution in [0.15, 0.2) is 48.8 Å². The molecular weight excluding hydrogens is 342 g/mol. The molecule has 2 atom stereocenters. The van der Waals surface area contributed by atoms with Crippen molar-refractivity contribution in [2.75, 3.05) is 18.1 Å². The fourth-order valence-corrected chi connectivity index (χ4v) is 3.83. The van der Waals surface area contributed by atoms with Gasteiger partial charge in [0.25, 0.3) is 0 Å². The molecule has 1 aromatic heterocycles. The van der Waals surface area contributed by atoms with Crippen LogP contribution in [0.25, 0.3) is 0 Å². The number of nitriles is 1. The molecule has 0 bridgehead atoms. The number of carbonyl (C=O) groups is 2. The molecule has 0 radical (unpaired) electrons. The number of anilines is 1. The van der Waals surface area contributed by atoms with Crippen LogP contribution in [0.5, 0.6) is 0 Å². The number of fused-ring (bicyclic) bond motifs is 1. The number of aromatic nitrogens is 1. The first-order chi connectivity index (χ1) is 13.1. The number of esters is 1. The van der Waals surface area contributed by atoms with Crippen LogP contribution in [0.3, 0.4) is 0 Å². The fraction of sp³-hybridized carbons (Fsp3) is 0.333. The van der Waals surface area contributed by atoms with E-state index in [9.17, 15) is 14.9 Å². The summed E-state index contributed by atoms with van der Waals surface area (Å²) in [6, 6.07) is 13.0. The minimum Gasteiger partial charge on any atom is -0.465 e. The molecule has 1 aliphatic heterocycles. The normalized spacial score (nSPS) is 19.3. The van der Waals surface area contributed by atoms with Gasteiger partial charge in [-0.15, -0.1) is 0 Å². The van der Waals surface area contributed by atoms with Gasteiger partial charge in [-0.2, -0.15) is 5.26 Å². The molecule has 0 saturated heterocycles. The molecule has 0 unspecified atom stereocenters. The Morgan fingerprint density at radius 3 is 2.59 bits per heavy atom. The molecule has 0 saturated carbocycles. The molecule has 0 fully saturated rings. The number of rotatable bonds is 6. The zero-order valence-corrected chi connectivity index (χ0v) is 15.4. The Bertz CT molecular complexity index is 891. The standard InChI is InChI=1S/C21H21N3O3/c1-3-24-18-8-6-5-7-16(18)21(20(24)26,13-15-9-11-23-12-10-15)17(14-22)19(25)27-4-2/h5-12,17H,3-4,13H2,1-2H3/t17-,21-/m1/s1. The van der Waals surface area contributed by atoms with Crippen molar-refractivity contribution in [3.05, 3.63) is 59.9 Å². The smallest absolute Gasteiger partial charge is 0.324 e. The number of hydrogen-bond donors (Lipinski definition) is 0. The minimum absolute atomic E-state index is 0.148. The van der Waals surface area contributed by atoms with Crippen molar-refractivity contribution in [1.29, 1.82) is 5.26 Å². The number of amides is 1. The van der Waals surface area contributed by atoms with E-state index in [-0.39, 0.29) is 18.9 Å². The molecule has 0 aliphatic carbocycles. The lowest BCUT2D eigenvalue weighted by atomic mass is 9.67. The number of benzene rings is 1. The lowest BCUT2D eigenvalue weighted by Gasteiger charge is -2.31. The quantitative estimate of drug-likeness (QED) is 0.737. The van der Waals surface area contributed by atoms with Gasteiger partial charge < -0.3 is 9.64 Å². The van der Waals surface area contributed by atoms with Crippen molar-refractivity contribution in [2.45, 2.75) is 25.7 Å². The van der Waals surface area contributed by atoms with Crippen LogP contribution in [0.4, 0.5) is 5.69 Å². The predicted molar refractivity (Wildman–Crippen MR) is 99.8 cm³/mol. The van der Waals surface area contributed by atoms with Gasteiger partial charge in [-0.3, -0.25) is 14.6 Å². The summed E-state index contributed by atoms with van der Waals surface area (Å²) in [5, 5.41) is 9.90. The number of hydrogen-bond acceptors (Lipinski definition) is 5. The lowest BCUT2D eigenvalue weighted by Crippen LogP contribution is -2.50. The van der Waals surface area contributed by atoms with Crippen LogP contribution >= 0.6 is 0 Å². The molecule has 6 heteroatoms. The summed E-state index contributed by atoms with van der Waals surface area (Å²) < 4.78 is 5.16. The second-order valence-electron chi connectivity index (χ2n) is 6.38. The molecule has 0 spiro atoms. The molecule has 2 heterocycles. The van der Waals surface area contributed by atoms with Crippen molar-refractivity contribution in [3.63, 3.8) is 0 Å². The third-order valence-corrected chi connectivity index (χ3v) is 4.99. The molecule has 1 aromatic carbocycles. The van der Waals surface area contributed by atoms with E-state index in [0.717, 1.165) is 11.3 Å². The summed E-state index contributed by atoms with van der Waals surface area (Å²) >= 11 is 0. The number of carbonyl (C=O) groups excluding carboxylic acids is 2. The summed E-state index contributed by atoms with van der Waals surface area (Å²) in [4.78, 5) is 31.9. The minimum atomic E-state index is -1.32. The third-order valence-electron chi connectivity index (χ3n) is 4.99. The van der Waals surface area contributed by atoms with E-state index in [2.05, 4.69) is 11.1 Å². The molecule has 0 N–H and O–H groups in total. The third kappa shape index (κ3) is 2.95. The Morgan fingerprint density at radius 2 is 1.96 bits per heavy atom. The highest BCUT2D eigenvalue weighted by Gasteiger charge is 2.58. The van der Waals surface area contributed by atoms with Crippen molar-refractivity contribution in [3.8, 4) is 6.07 Å². The zero-order chi connectivity index (χ0) is 19.4. The highest BCUT2D eigenvalue weighted by Crippen LogP contribution is 2.48. The van der Waals surface area contributed by atoms with Crippen molar-refractivity contribution in [1.82, 2.24) is 4.98 Å². The Morgan fingerprint density at radius 1 is 1.26 bits per heavy atom. The number of ether oxygens (including phenoxy) is 1. The maximum Gasteiger partial charge on any atom is 0.324 e. The largest absolute Gasteiger partial charge is 0.465 e. The van der Waals surface area contributed by atoms with E-state index in [1.165, 1.54) is 0 Å². The summed E-state index contributed by atoms with van der Waals surface area (Å²) in [5.41, 5.74) is 0.933. The van der Waals surface area contributed by atoms with Crippen LogP contribution in [0, 0.1) is 17.2 Å². The number of para-hydroxylation sites is 1. The first kappa shape index (κ1) is 18.6. The maximum atomic E-state index is 13.6. The Kier molecular flexibility index (Phi) is 5.22. The van der Waals surface area contributed by atoms with Gasteiger partial charge in [-0.05, 0) is 49.6 Å². The van der Waals surface area contributed by atoms with Gasteiger partial charge in [0.2, 0.25) is 5.91 Å². The molecule has 2 aromatic rings. The lowest BCUT2D eigenvalue weighted by molar-refractivity contribution is -0.150. The van der Waals surface area contributed by atoms with E-state index in [0.29, 0.717) is 12.1 Å². The highest BCUT2D eigenvalue weighted by atomic mass is 16.5. The molecule has 1 aliphatic rings. The van der Waals surface area contributed by atoms with Gasteiger partial charge >= 0.3 is 5.97 Å². The van der Waals surface area contributed by atoms with Gasteiger partial charge in [0, 0.05) is 24.6 Å². The monoisotopic (exact) mass is 363 g/mol.